The van der Waals surface area contributed by atoms with Crippen LogP contribution in [0.2, 0.25) is 0 Å². The molecule has 0 spiro atoms. The molecule has 1 aliphatic heterocycles. The smallest absolute Gasteiger partial charge is 0.269 e. The Morgan fingerprint density at radius 1 is 1.19 bits per heavy atom. The number of aromatic nitrogens is 2. The average Bonchev–Trinajstić information content (AvgIpc) is 3.48. The van der Waals surface area contributed by atoms with Gasteiger partial charge in [-0.3, -0.25) is 10.7 Å². The number of halogens is 2. The summed E-state index contributed by atoms with van der Waals surface area (Å²) in [7, 11) is -3.89. The molecule has 3 aromatic rings. The van der Waals surface area contributed by atoms with E-state index < -0.39 is 15.9 Å². The summed E-state index contributed by atoms with van der Waals surface area (Å²) in [4.78, 5) is 6.72. The zero-order valence-electron chi connectivity index (χ0n) is 20.5. The van der Waals surface area contributed by atoms with Crippen LogP contribution in [0, 0.1) is 0 Å². The fraction of sp³-hybridized carbons (Fsp3) is 0.370. The van der Waals surface area contributed by atoms with E-state index in [0.29, 0.717) is 28.7 Å². The minimum Gasteiger partial charge on any atom is -0.331 e. The van der Waals surface area contributed by atoms with Crippen molar-refractivity contribution in [3.05, 3.63) is 78.8 Å². The van der Waals surface area contributed by atoms with Crippen LogP contribution in [-0.4, -0.2) is 47.3 Å². The van der Waals surface area contributed by atoms with E-state index in [0.717, 1.165) is 31.2 Å². The van der Waals surface area contributed by atoms with E-state index in [-0.39, 0.29) is 29.8 Å². The van der Waals surface area contributed by atoms with Gasteiger partial charge in [0.05, 0.1) is 11.4 Å². The van der Waals surface area contributed by atoms with E-state index in [1.54, 1.807) is 55.0 Å². The zero-order valence-corrected chi connectivity index (χ0v) is 21.3. The first kappa shape index (κ1) is 25.6. The van der Waals surface area contributed by atoms with Gasteiger partial charge < -0.3 is 5.43 Å². The highest BCUT2D eigenvalue weighted by atomic mass is 32.2. The number of hydrogen-bond acceptors (Lipinski definition) is 6. The molecular formula is C27H31F2N5O2S. The van der Waals surface area contributed by atoms with Crippen LogP contribution in [0.5, 0.6) is 0 Å². The Bertz CT molecular complexity index is 1430. The van der Waals surface area contributed by atoms with Crippen LogP contribution < -0.4 is 11.3 Å². The highest BCUT2D eigenvalue weighted by molar-refractivity contribution is 7.90. The maximum Gasteiger partial charge on any atom is 0.269 e. The van der Waals surface area contributed by atoms with Crippen molar-refractivity contribution in [2.45, 2.75) is 54.9 Å². The monoisotopic (exact) mass is 527 g/mol. The fourth-order valence-corrected chi connectivity index (χ4v) is 6.97. The SMILES string of the molecule is C=C/C(=C\NN)c1cn(S(=O)(=O)c2ccccc2)c2ncc(C3CCC(N4CCC(F)(F)C4)CC3)cc12. The molecule has 0 unspecified atom stereocenters. The molecule has 2 fully saturated rings. The third-order valence-electron chi connectivity index (χ3n) is 7.59. The van der Waals surface area contributed by atoms with Gasteiger partial charge in [0.15, 0.2) is 5.65 Å². The highest BCUT2D eigenvalue weighted by Gasteiger charge is 2.41. The maximum absolute atomic E-state index is 13.7. The summed E-state index contributed by atoms with van der Waals surface area (Å²) < 4.78 is 55.6. The van der Waals surface area contributed by atoms with Crippen LogP contribution >= 0.6 is 0 Å². The number of pyridine rings is 1. The summed E-state index contributed by atoms with van der Waals surface area (Å²) in [5.41, 5.74) is 5.11. The normalized spacial score (nSPS) is 22.8. The van der Waals surface area contributed by atoms with Crippen molar-refractivity contribution in [3.8, 4) is 0 Å². The van der Waals surface area contributed by atoms with Crippen LogP contribution in [-0.2, 0) is 10.0 Å². The van der Waals surface area contributed by atoms with Crippen LogP contribution in [0.1, 0.15) is 49.1 Å². The Morgan fingerprint density at radius 3 is 2.54 bits per heavy atom. The minimum atomic E-state index is -3.89. The van der Waals surface area contributed by atoms with Gasteiger partial charge in [-0.05, 0) is 55.4 Å². The number of likely N-dealkylation sites (tertiary alicyclic amines) is 1. The van der Waals surface area contributed by atoms with Crippen LogP contribution in [0.3, 0.4) is 0 Å². The standard InChI is InChI=1S/C27H31F2N5O2S/c1-2-19(16-32-30)25-17-34(37(35,36)23-6-4-3-5-7-23)26-24(25)14-21(15-31-26)20-8-10-22(11-9-20)33-13-12-27(28,29)18-33/h2-7,14-17,20,22,32H,1,8-13,18,30H2/b19-16+. The van der Waals surface area contributed by atoms with Gasteiger partial charge in [0.25, 0.3) is 15.9 Å². The van der Waals surface area contributed by atoms with Crippen molar-refractivity contribution in [1.29, 1.82) is 0 Å². The second-order valence-electron chi connectivity index (χ2n) is 9.85. The Hall–Kier alpha value is -3.08. The van der Waals surface area contributed by atoms with Gasteiger partial charge >= 0.3 is 0 Å². The van der Waals surface area contributed by atoms with Crippen molar-refractivity contribution in [1.82, 2.24) is 19.3 Å². The second kappa shape index (κ2) is 10.00. The van der Waals surface area contributed by atoms with E-state index in [1.807, 2.05) is 11.0 Å². The Morgan fingerprint density at radius 2 is 1.92 bits per heavy atom. The lowest BCUT2D eigenvalue weighted by atomic mass is 9.81. The fourth-order valence-electron chi connectivity index (χ4n) is 5.62. The van der Waals surface area contributed by atoms with Crippen LogP contribution in [0.4, 0.5) is 8.78 Å². The van der Waals surface area contributed by atoms with E-state index >= 15 is 0 Å². The van der Waals surface area contributed by atoms with Gasteiger partial charge in [-0.2, -0.15) is 0 Å². The predicted octanol–water partition coefficient (Wildman–Crippen LogP) is 4.63. The van der Waals surface area contributed by atoms with Crippen LogP contribution in [0.25, 0.3) is 16.6 Å². The van der Waals surface area contributed by atoms with Crippen molar-refractivity contribution < 1.29 is 17.2 Å². The third kappa shape index (κ3) is 4.93. The quantitative estimate of drug-likeness (QED) is 0.264. The number of hydrazine groups is 1. The van der Waals surface area contributed by atoms with Crippen molar-refractivity contribution in [2.75, 3.05) is 13.1 Å². The number of nitrogens with two attached hydrogens (primary N) is 1. The minimum absolute atomic E-state index is 0.0595. The second-order valence-corrected chi connectivity index (χ2v) is 11.7. The van der Waals surface area contributed by atoms with E-state index in [4.69, 9.17) is 5.84 Å². The lowest BCUT2D eigenvalue weighted by Crippen LogP contribution is -2.37. The van der Waals surface area contributed by atoms with Gasteiger partial charge in [-0.25, -0.2) is 26.2 Å². The molecule has 1 saturated heterocycles. The molecule has 196 valence electrons. The van der Waals surface area contributed by atoms with Crippen LogP contribution in [0.15, 0.2) is 72.5 Å². The van der Waals surface area contributed by atoms with Crippen molar-refractivity contribution >= 4 is 26.6 Å². The first-order valence-corrected chi connectivity index (χ1v) is 13.9. The van der Waals surface area contributed by atoms with Gasteiger partial charge in [0.2, 0.25) is 0 Å². The molecule has 37 heavy (non-hydrogen) atoms. The van der Waals surface area contributed by atoms with Gasteiger partial charge in [-0.1, -0.05) is 30.9 Å². The third-order valence-corrected chi connectivity index (χ3v) is 9.25. The summed E-state index contributed by atoms with van der Waals surface area (Å²) >= 11 is 0. The Kier molecular flexibility index (Phi) is 6.91. The Labute approximate surface area is 215 Å². The molecule has 3 heterocycles. The zero-order chi connectivity index (χ0) is 26.2. The largest absolute Gasteiger partial charge is 0.331 e. The van der Waals surface area contributed by atoms with E-state index in [1.165, 1.54) is 3.97 Å². The molecule has 0 amide bonds. The summed E-state index contributed by atoms with van der Waals surface area (Å²) in [5, 5.41) is 0.680. The molecule has 0 bridgehead atoms. The van der Waals surface area contributed by atoms with E-state index in [9.17, 15) is 17.2 Å². The van der Waals surface area contributed by atoms with Gasteiger partial charge in [-0.15, -0.1) is 0 Å². The molecule has 2 aliphatic rings. The number of benzene rings is 1. The predicted molar refractivity (Wildman–Crippen MR) is 140 cm³/mol. The number of fused-ring (bicyclic) bond motifs is 1. The molecule has 7 nitrogen and oxygen atoms in total. The van der Waals surface area contributed by atoms with Crippen molar-refractivity contribution in [3.63, 3.8) is 0 Å². The Balaban J connectivity index is 1.49. The molecule has 1 saturated carbocycles. The first-order chi connectivity index (χ1) is 17.7. The summed E-state index contributed by atoms with van der Waals surface area (Å²) in [6.45, 7) is 4.17. The lowest BCUT2D eigenvalue weighted by Gasteiger charge is -2.34. The maximum atomic E-state index is 13.7. The molecule has 0 radical (unpaired) electrons. The number of alkyl halides is 2. The summed E-state index contributed by atoms with van der Waals surface area (Å²) in [5.74, 6) is 3.18. The first-order valence-electron chi connectivity index (χ1n) is 12.5. The number of nitrogens with one attached hydrogen (secondary N) is 1. The number of nitrogens with zero attached hydrogens (tertiary/aromatic N) is 3. The molecular weight excluding hydrogens is 496 g/mol. The molecule has 3 N–H and O–H groups in total. The number of allylic oxidation sites excluding steroid dienone is 2. The lowest BCUT2D eigenvalue weighted by molar-refractivity contribution is 0.00517. The molecule has 1 aromatic carbocycles. The van der Waals surface area contributed by atoms with E-state index in [2.05, 4.69) is 17.0 Å². The number of rotatable bonds is 7. The summed E-state index contributed by atoms with van der Waals surface area (Å²) in [6, 6.07) is 10.4. The topological polar surface area (TPSA) is 93.2 Å². The highest BCUT2D eigenvalue weighted by Crippen LogP contribution is 2.39. The molecule has 10 heteroatoms. The average molecular weight is 528 g/mol. The molecule has 2 aromatic heterocycles. The van der Waals surface area contributed by atoms with Gasteiger partial charge in [0.1, 0.15) is 0 Å². The molecule has 5 rings (SSSR count). The number of hydrogen-bond donors (Lipinski definition) is 2. The molecule has 1 aliphatic carbocycles. The molecule has 0 atom stereocenters. The van der Waals surface area contributed by atoms with Gasteiger partial charge in [0, 0.05) is 54.1 Å². The summed E-state index contributed by atoms with van der Waals surface area (Å²) in [6.07, 6.45) is 9.85. The van der Waals surface area contributed by atoms with Crippen molar-refractivity contribution in [2.24, 2.45) is 5.84 Å².